The fourth-order valence-corrected chi connectivity index (χ4v) is 4.28. The molecule has 0 radical (unpaired) electrons. The molecule has 36 heavy (non-hydrogen) atoms. The minimum absolute atomic E-state index is 0.0302. The molecule has 0 bridgehead atoms. The minimum Gasteiger partial charge on any atom is -0.508 e. The highest BCUT2D eigenvalue weighted by molar-refractivity contribution is 5.92. The molecule has 0 heterocycles. The summed E-state index contributed by atoms with van der Waals surface area (Å²) >= 11 is 0. The molecule has 3 N–H and O–H groups in total. The Hall–Kier alpha value is -2.77. The predicted octanol–water partition coefficient (Wildman–Crippen LogP) is 5.06. The van der Waals surface area contributed by atoms with Crippen molar-refractivity contribution < 1.29 is 24.2 Å². The van der Waals surface area contributed by atoms with Gasteiger partial charge in [0, 0.05) is 12.6 Å². The molecule has 3 atom stereocenters. The predicted molar refractivity (Wildman–Crippen MR) is 140 cm³/mol. The number of unbranched alkanes of at least 4 members (excludes halogenated alkanes) is 2. The van der Waals surface area contributed by atoms with Gasteiger partial charge < -0.3 is 25.4 Å². The van der Waals surface area contributed by atoms with Crippen molar-refractivity contribution in [2.45, 2.75) is 110 Å². The second kappa shape index (κ2) is 13.5. The van der Waals surface area contributed by atoms with Crippen LogP contribution < -0.4 is 10.6 Å². The lowest BCUT2D eigenvalue weighted by Gasteiger charge is -2.44. The third-order valence-corrected chi connectivity index (χ3v) is 6.67. The van der Waals surface area contributed by atoms with E-state index in [1.54, 1.807) is 43.9 Å². The first-order chi connectivity index (χ1) is 17.0. The number of alkyl carbamates (subject to hydrolysis) is 1. The van der Waals surface area contributed by atoms with Crippen LogP contribution in [-0.4, -0.2) is 52.1 Å². The number of amides is 3. The summed E-state index contributed by atoms with van der Waals surface area (Å²) in [6.07, 6.45) is 5.41. The highest BCUT2D eigenvalue weighted by atomic mass is 16.6. The first-order valence-electron chi connectivity index (χ1n) is 13.4. The third-order valence-electron chi connectivity index (χ3n) is 6.67. The maximum atomic E-state index is 14.2. The number of hydrogen-bond acceptors (Lipinski definition) is 5. The first-order valence-corrected chi connectivity index (χ1v) is 13.4. The van der Waals surface area contributed by atoms with Gasteiger partial charge in [0.15, 0.2) is 0 Å². The monoisotopic (exact) mass is 503 g/mol. The fourth-order valence-electron chi connectivity index (χ4n) is 4.28. The van der Waals surface area contributed by atoms with Gasteiger partial charge in [0.25, 0.3) is 0 Å². The average Bonchev–Trinajstić information content (AvgIpc) is 2.76. The van der Waals surface area contributed by atoms with Crippen molar-refractivity contribution in [1.82, 2.24) is 15.5 Å². The Morgan fingerprint density at radius 1 is 1.17 bits per heavy atom. The van der Waals surface area contributed by atoms with E-state index in [1.807, 2.05) is 13.8 Å². The van der Waals surface area contributed by atoms with Crippen molar-refractivity contribution in [1.29, 1.82) is 0 Å². The Morgan fingerprint density at radius 3 is 2.39 bits per heavy atom. The van der Waals surface area contributed by atoms with Crippen molar-refractivity contribution in [3.05, 3.63) is 29.8 Å². The van der Waals surface area contributed by atoms with Crippen LogP contribution in [0.4, 0.5) is 4.79 Å². The zero-order valence-electron chi connectivity index (χ0n) is 22.8. The molecule has 1 aliphatic carbocycles. The molecular weight excluding hydrogens is 458 g/mol. The summed E-state index contributed by atoms with van der Waals surface area (Å²) in [4.78, 5) is 42.1. The molecule has 8 nitrogen and oxygen atoms in total. The molecule has 1 aliphatic rings. The Kier molecular flexibility index (Phi) is 11.1. The summed E-state index contributed by atoms with van der Waals surface area (Å²) in [6, 6.07) is 4.63. The Morgan fingerprint density at radius 2 is 1.86 bits per heavy atom. The van der Waals surface area contributed by atoms with Gasteiger partial charge in [-0.1, -0.05) is 52.2 Å². The van der Waals surface area contributed by atoms with Crippen molar-refractivity contribution in [3.63, 3.8) is 0 Å². The molecule has 8 heteroatoms. The molecule has 1 aromatic rings. The molecule has 0 aliphatic heterocycles. The van der Waals surface area contributed by atoms with Crippen LogP contribution in [-0.2, 0) is 14.3 Å². The second-order valence-electron chi connectivity index (χ2n) is 10.8. The molecule has 3 unspecified atom stereocenters. The van der Waals surface area contributed by atoms with E-state index < -0.39 is 23.8 Å². The van der Waals surface area contributed by atoms with Crippen molar-refractivity contribution in [2.75, 3.05) is 6.54 Å². The van der Waals surface area contributed by atoms with Crippen LogP contribution in [0.1, 0.15) is 98.1 Å². The summed E-state index contributed by atoms with van der Waals surface area (Å²) < 4.78 is 5.44. The van der Waals surface area contributed by atoms with Crippen LogP contribution in [0.2, 0.25) is 0 Å². The molecule has 2 rings (SSSR count). The quantitative estimate of drug-likeness (QED) is 0.346. The molecule has 0 aromatic heterocycles. The number of hydrogen-bond donors (Lipinski definition) is 3. The summed E-state index contributed by atoms with van der Waals surface area (Å²) in [5.41, 5.74) is -0.160. The number of rotatable bonds is 12. The lowest BCUT2D eigenvalue weighted by molar-refractivity contribution is -0.148. The second-order valence-corrected chi connectivity index (χ2v) is 10.8. The van der Waals surface area contributed by atoms with Gasteiger partial charge in [-0.15, -0.1) is 0 Å². The molecule has 0 spiro atoms. The molecule has 1 fully saturated rings. The summed E-state index contributed by atoms with van der Waals surface area (Å²) in [5, 5.41) is 16.0. The number of phenols is 1. The molecule has 202 valence electrons. The number of phenolic OH excluding ortho intramolecular Hbond substituents is 1. The van der Waals surface area contributed by atoms with Crippen molar-refractivity contribution in [3.8, 4) is 5.75 Å². The van der Waals surface area contributed by atoms with Gasteiger partial charge in [-0.05, 0) is 70.1 Å². The summed E-state index contributed by atoms with van der Waals surface area (Å²) in [5.74, 6) is -0.734. The summed E-state index contributed by atoms with van der Waals surface area (Å²) in [6.45, 7) is 11.8. The zero-order valence-corrected chi connectivity index (χ0v) is 22.8. The van der Waals surface area contributed by atoms with Gasteiger partial charge in [-0.3, -0.25) is 9.59 Å². The first kappa shape index (κ1) is 29.5. The van der Waals surface area contributed by atoms with E-state index in [0.717, 1.165) is 38.5 Å². The van der Waals surface area contributed by atoms with Gasteiger partial charge in [0.1, 0.15) is 23.4 Å². The lowest BCUT2D eigenvalue weighted by atomic mass is 9.86. The number of aromatic hydroxyl groups is 1. The van der Waals surface area contributed by atoms with Gasteiger partial charge in [-0.25, -0.2) is 4.79 Å². The third kappa shape index (κ3) is 8.42. The standard InChI is InChI=1S/C28H45N3O5/c1-7-9-10-17-29-25(33)24(20-13-11-16-22(32)18-20)31(21-14-12-15-21)26(34)23(19(3)8-2)30-27(35)36-28(4,5)6/h11,13,16,18-19,21,23-24,32H,7-10,12,14-15,17H2,1-6H3,(H,29,33)(H,30,35). The van der Waals surface area contributed by atoms with E-state index in [9.17, 15) is 19.5 Å². The number of nitrogens with one attached hydrogen (secondary N) is 2. The van der Waals surface area contributed by atoms with E-state index in [4.69, 9.17) is 4.74 Å². The van der Waals surface area contributed by atoms with E-state index in [0.29, 0.717) is 18.5 Å². The van der Waals surface area contributed by atoms with Gasteiger partial charge in [0.05, 0.1) is 0 Å². The van der Waals surface area contributed by atoms with Crippen LogP contribution in [0.15, 0.2) is 24.3 Å². The van der Waals surface area contributed by atoms with Crippen LogP contribution in [0, 0.1) is 5.92 Å². The van der Waals surface area contributed by atoms with E-state index in [2.05, 4.69) is 17.6 Å². The Labute approximate surface area is 216 Å². The Bertz CT molecular complexity index is 878. The van der Waals surface area contributed by atoms with Gasteiger partial charge in [-0.2, -0.15) is 0 Å². The van der Waals surface area contributed by atoms with E-state index >= 15 is 0 Å². The maximum absolute atomic E-state index is 14.2. The maximum Gasteiger partial charge on any atom is 0.408 e. The van der Waals surface area contributed by atoms with E-state index in [1.165, 1.54) is 6.07 Å². The van der Waals surface area contributed by atoms with Crippen molar-refractivity contribution in [2.24, 2.45) is 5.92 Å². The number of carbonyl (C=O) groups is 3. The number of carbonyl (C=O) groups excluding carboxylic acids is 3. The largest absolute Gasteiger partial charge is 0.508 e. The highest BCUT2D eigenvalue weighted by Crippen LogP contribution is 2.35. The topological polar surface area (TPSA) is 108 Å². The average molecular weight is 504 g/mol. The van der Waals surface area contributed by atoms with Crippen LogP contribution in [0.3, 0.4) is 0 Å². The molecule has 1 aromatic carbocycles. The molecular formula is C28H45N3O5. The number of nitrogens with zero attached hydrogens (tertiary/aromatic N) is 1. The van der Waals surface area contributed by atoms with Gasteiger partial charge >= 0.3 is 6.09 Å². The smallest absolute Gasteiger partial charge is 0.408 e. The number of benzene rings is 1. The summed E-state index contributed by atoms with van der Waals surface area (Å²) in [7, 11) is 0. The highest BCUT2D eigenvalue weighted by Gasteiger charge is 2.43. The minimum atomic E-state index is -0.913. The molecule has 0 saturated heterocycles. The van der Waals surface area contributed by atoms with Gasteiger partial charge in [0.2, 0.25) is 11.8 Å². The lowest BCUT2D eigenvalue weighted by Crippen LogP contribution is -2.59. The Balaban J connectivity index is 2.44. The zero-order chi connectivity index (χ0) is 26.9. The van der Waals surface area contributed by atoms with Crippen LogP contribution in [0.25, 0.3) is 0 Å². The van der Waals surface area contributed by atoms with Crippen LogP contribution in [0.5, 0.6) is 5.75 Å². The molecule has 1 saturated carbocycles. The molecule has 3 amide bonds. The normalized spacial score (nSPS) is 16.3. The fraction of sp³-hybridized carbons (Fsp3) is 0.679. The van der Waals surface area contributed by atoms with E-state index in [-0.39, 0.29) is 29.5 Å². The van der Waals surface area contributed by atoms with Crippen molar-refractivity contribution >= 4 is 17.9 Å². The number of ether oxygens (including phenoxy) is 1. The van der Waals surface area contributed by atoms with Crippen LogP contribution >= 0.6 is 0 Å². The SMILES string of the molecule is CCCCCNC(=O)C(c1cccc(O)c1)N(C(=O)C(NC(=O)OC(C)(C)C)C(C)CC)C1CCC1.